The van der Waals surface area contributed by atoms with Crippen LogP contribution in [0.5, 0.6) is 0 Å². The van der Waals surface area contributed by atoms with E-state index in [1.165, 1.54) is 0 Å². The third-order valence-corrected chi connectivity index (χ3v) is 3.22. The fourth-order valence-electron chi connectivity index (χ4n) is 1.81. The fraction of sp³-hybridized carbons (Fsp3) is 0.500. The van der Waals surface area contributed by atoms with E-state index in [2.05, 4.69) is 18.3 Å². The molecule has 1 atom stereocenters. The molecule has 1 aromatic rings. The van der Waals surface area contributed by atoms with E-state index in [9.17, 15) is 5.26 Å². The monoisotopic (exact) mass is 250 g/mol. The van der Waals surface area contributed by atoms with Crippen LogP contribution in [0.4, 0.5) is 5.69 Å². The van der Waals surface area contributed by atoms with Crippen LogP contribution in [0.2, 0.25) is 5.02 Å². The highest BCUT2D eigenvalue weighted by Gasteiger charge is 2.26. The van der Waals surface area contributed by atoms with Crippen LogP contribution in [0.3, 0.4) is 0 Å². The number of unbranched alkanes of at least 4 members (excludes halogenated alkanes) is 1. The molecule has 0 radical (unpaired) electrons. The van der Waals surface area contributed by atoms with Crippen molar-refractivity contribution in [3.63, 3.8) is 0 Å². The summed E-state index contributed by atoms with van der Waals surface area (Å²) in [5, 5.41) is 13.4. The second-order valence-corrected chi connectivity index (χ2v) is 4.72. The van der Waals surface area contributed by atoms with E-state index in [1.807, 2.05) is 31.2 Å². The molecule has 1 aromatic carbocycles. The molecule has 0 fully saturated rings. The van der Waals surface area contributed by atoms with E-state index < -0.39 is 5.54 Å². The van der Waals surface area contributed by atoms with Gasteiger partial charge in [0, 0.05) is 10.7 Å². The van der Waals surface area contributed by atoms with Gasteiger partial charge in [-0.3, -0.25) is 0 Å². The first-order valence-electron chi connectivity index (χ1n) is 6.11. The molecule has 1 N–H and O–H groups in total. The topological polar surface area (TPSA) is 35.8 Å². The molecule has 1 unspecified atom stereocenters. The summed E-state index contributed by atoms with van der Waals surface area (Å²) in [5.41, 5.74) is 0.442. The van der Waals surface area contributed by atoms with Crippen molar-refractivity contribution in [3.8, 4) is 6.07 Å². The Kier molecular flexibility index (Phi) is 5.31. The fourth-order valence-corrected chi connectivity index (χ4v) is 2.00. The van der Waals surface area contributed by atoms with Gasteiger partial charge in [0.05, 0.1) is 6.07 Å². The van der Waals surface area contributed by atoms with Gasteiger partial charge in [0.15, 0.2) is 0 Å². The number of hydrogen-bond acceptors (Lipinski definition) is 2. The summed E-state index contributed by atoms with van der Waals surface area (Å²) in [6.07, 6.45) is 3.80. The Morgan fingerprint density at radius 3 is 2.71 bits per heavy atom. The Morgan fingerprint density at radius 2 is 2.18 bits per heavy atom. The minimum Gasteiger partial charge on any atom is -0.367 e. The SMILES string of the molecule is CCCCC(C#N)(CC)Nc1cccc(Cl)c1. The molecule has 92 valence electrons. The Bertz CT molecular complexity index is 397. The van der Waals surface area contributed by atoms with Gasteiger partial charge >= 0.3 is 0 Å². The van der Waals surface area contributed by atoms with Gasteiger partial charge in [0.1, 0.15) is 5.54 Å². The predicted octanol–water partition coefficient (Wildman–Crippen LogP) is 4.61. The lowest BCUT2D eigenvalue weighted by Gasteiger charge is -2.27. The van der Waals surface area contributed by atoms with Crippen molar-refractivity contribution in [1.82, 2.24) is 0 Å². The molecule has 0 saturated carbocycles. The first-order chi connectivity index (χ1) is 8.15. The largest absolute Gasteiger partial charge is 0.367 e. The van der Waals surface area contributed by atoms with Gasteiger partial charge in [-0.05, 0) is 31.0 Å². The second kappa shape index (κ2) is 6.51. The number of nitrogens with one attached hydrogen (secondary N) is 1. The second-order valence-electron chi connectivity index (χ2n) is 4.29. The third-order valence-electron chi connectivity index (χ3n) is 2.98. The van der Waals surface area contributed by atoms with E-state index in [1.54, 1.807) is 0 Å². The summed E-state index contributed by atoms with van der Waals surface area (Å²) in [7, 11) is 0. The Balaban J connectivity index is 2.83. The normalized spacial score (nSPS) is 13.8. The number of hydrogen-bond donors (Lipinski definition) is 1. The van der Waals surface area contributed by atoms with Crippen LogP contribution >= 0.6 is 11.6 Å². The van der Waals surface area contributed by atoms with Crippen molar-refractivity contribution in [2.75, 3.05) is 5.32 Å². The summed E-state index contributed by atoms with van der Waals surface area (Å²) >= 11 is 5.94. The molecule has 1 rings (SSSR count). The highest BCUT2D eigenvalue weighted by atomic mass is 35.5. The first-order valence-corrected chi connectivity index (χ1v) is 6.48. The minimum absolute atomic E-state index is 0.472. The Morgan fingerprint density at radius 1 is 1.41 bits per heavy atom. The number of rotatable bonds is 6. The van der Waals surface area contributed by atoms with Crippen molar-refractivity contribution in [3.05, 3.63) is 29.3 Å². The summed E-state index contributed by atoms with van der Waals surface area (Å²) in [5.74, 6) is 0. The molecule has 0 aliphatic heterocycles. The number of anilines is 1. The molecule has 0 bridgehead atoms. The van der Waals surface area contributed by atoms with Gasteiger partial charge < -0.3 is 5.32 Å². The lowest BCUT2D eigenvalue weighted by atomic mass is 9.91. The highest BCUT2D eigenvalue weighted by molar-refractivity contribution is 6.30. The maximum Gasteiger partial charge on any atom is 0.125 e. The van der Waals surface area contributed by atoms with Crippen LogP contribution in [0.1, 0.15) is 39.5 Å². The number of nitriles is 1. The van der Waals surface area contributed by atoms with Crippen LogP contribution in [0.25, 0.3) is 0 Å². The summed E-state index contributed by atoms with van der Waals surface area (Å²) in [6.45, 7) is 4.17. The summed E-state index contributed by atoms with van der Waals surface area (Å²) < 4.78 is 0. The van der Waals surface area contributed by atoms with E-state index in [0.29, 0.717) is 5.02 Å². The molecule has 0 aliphatic carbocycles. The van der Waals surface area contributed by atoms with E-state index in [0.717, 1.165) is 31.4 Å². The van der Waals surface area contributed by atoms with Crippen LogP contribution in [-0.4, -0.2) is 5.54 Å². The molecular weight excluding hydrogens is 232 g/mol. The standard InChI is InChI=1S/C14H19ClN2/c1-3-5-9-14(4-2,11-16)17-13-8-6-7-12(15)10-13/h6-8,10,17H,3-5,9H2,1-2H3. The van der Waals surface area contributed by atoms with Crippen LogP contribution in [-0.2, 0) is 0 Å². The molecule has 3 heteroatoms. The predicted molar refractivity (Wildman–Crippen MR) is 73.2 cm³/mol. The lowest BCUT2D eigenvalue weighted by Crippen LogP contribution is -2.35. The molecule has 0 spiro atoms. The van der Waals surface area contributed by atoms with Crippen molar-refractivity contribution in [2.24, 2.45) is 0 Å². The van der Waals surface area contributed by atoms with Crippen LogP contribution < -0.4 is 5.32 Å². The average Bonchev–Trinajstić information content (AvgIpc) is 2.35. The van der Waals surface area contributed by atoms with Crippen molar-refractivity contribution < 1.29 is 0 Å². The zero-order chi connectivity index (χ0) is 12.7. The smallest absolute Gasteiger partial charge is 0.125 e. The Labute approximate surface area is 109 Å². The molecular formula is C14H19ClN2. The maximum absolute atomic E-state index is 9.39. The quantitative estimate of drug-likeness (QED) is 0.800. The zero-order valence-electron chi connectivity index (χ0n) is 10.5. The van der Waals surface area contributed by atoms with Crippen LogP contribution in [0, 0.1) is 11.3 Å². The van der Waals surface area contributed by atoms with E-state index >= 15 is 0 Å². The van der Waals surface area contributed by atoms with Crippen molar-refractivity contribution in [1.29, 1.82) is 5.26 Å². The molecule has 0 aromatic heterocycles. The number of halogens is 1. The highest BCUT2D eigenvalue weighted by Crippen LogP contribution is 2.25. The number of nitrogens with zero attached hydrogens (tertiary/aromatic N) is 1. The summed E-state index contributed by atoms with van der Waals surface area (Å²) in [6, 6.07) is 9.94. The lowest BCUT2D eigenvalue weighted by molar-refractivity contribution is 0.497. The molecule has 0 saturated heterocycles. The van der Waals surface area contributed by atoms with Crippen LogP contribution in [0.15, 0.2) is 24.3 Å². The van der Waals surface area contributed by atoms with Gasteiger partial charge in [-0.2, -0.15) is 5.26 Å². The molecule has 2 nitrogen and oxygen atoms in total. The van der Waals surface area contributed by atoms with Gasteiger partial charge in [0.25, 0.3) is 0 Å². The third kappa shape index (κ3) is 3.94. The van der Waals surface area contributed by atoms with Gasteiger partial charge in [-0.1, -0.05) is 44.4 Å². The van der Waals surface area contributed by atoms with E-state index in [4.69, 9.17) is 11.6 Å². The van der Waals surface area contributed by atoms with Crippen molar-refractivity contribution in [2.45, 2.75) is 45.1 Å². The minimum atomic E-state index is -0.472. The number of benzene rings is 1. The maximum atomic E-state index is 9.39. The van der Waals surface area contributed by atoms with Gasteiger partial charge in [0.2, 0.25) is 0 Å². The van der Waals surface area contributed by atoms with Gasteiger partial charge in [-0.25, -0.2) is 0 Å². The molecule has 17 heavy (non-hydrogen) atoms. The van der Waals surface area contributed by atoms with E-state index in [-0.39, 0.29) is 0 Å². The molecule has 0 amide bonds. The zero-order valence-corrected chi connectivity index (χ0v) is 11.2. The van der Waals surface area contributed by atoms with Gasteiger partial charge in [-0.15, -0.1) is 0 Å². The Hall–Kier alpha value is -1.20. The molecule has 0 aliphatic rings. The molecule has 0 heterocycles. The summed E-state index contributed by atoms with van der Waals surface area (Å²) in [4.78, 5) is 0. The van der Waals surface area contributed by atoms with Crippen molar-refractivity contribution >= 4 is 17.3 Å². The average molecular weight is 251 g/mol. The first kappa shape index (κ1) is 13.9.